The maximum absolute atomic E-state index is 12.0. The molecular formula is C13H20N4O3. The molecule has 1 aromatic heterocycles. The molecule has 2 N–H and O–H groups in total. The molecule has 2 rings (SSSR count). The van der Waals surface area contributed by atoms with Crippen LogP contribution in [0.3, 0.4) is 0 Å². The highest BCUT2D eigenvalue weighted by Gasteiger charge is 2.32. The summed E-state index contributed by atoms with van der Waals surface area (Å²) in [5.74, 6) is -0.872. The lowest BCUT2D eigenvalue weighted by Crippen LogP contribution is -2.42. The Balaban J connectivity index is 1.67. The molecule has 0 unspecified atom stereocenters. The summed E-state index contributed by atoms with van der Waals surface area (Å²) in [5, 5.41) is 11.5. The van der Waals surface area contributed by atoms with Crippen LogP contribution in [0.1, 0.15) is 25.7 Å². The minimum absolute atomic E-state index is 0.00104. The van der Waals surface area contributed by atoms with E-state index in [2.05, 4.69) is 10.3 Å². The van der Waals surface area contributed by atoms with E-state index in [-0.39, 0.29) is 25.0 Å². The van der Waals surface area contributed by atoms with Gasteiger partial charge in [0.2, 0.25) is 0 Å². The van der Waals surface area contributed by atoms with Crippen molar-refractivity contribution in [2.24, 2.45) is 0 Å². The highest BCUT2D eigenvalue weighted by molar-refractivity contribution is 5.76. The predicted molar refractivity (Wildman–Crippen MR) is 72.2 cm³/mol. The number of aliphatic carboxylic acids is 1. The Hall–Kier alpha value is -2.05. The zero-order valence-electron chi connectivity index (χ0n) is 11.4. The number of rotatable bonds is 8. The van der Waals surface area contributed by atoms with Gasteiger partial charge in [-0.05, 0) is 19.3 Å². The van der Waals surface area contributed by atoms with Gasteiger partial charge in [0.15, 0.2) is 0 Å². The average molecular weight is 280 g/mol. The van der Waals surface area contributed by atoms with E-state index in [1.165, 1.54) is 0 Å². The van der Waals surface area contributed by atoms with Crippen LogP contribution in [0.25, 0.3) is 0 Å². The highest BCUT2D eigenvalue weighted by Crippen LogP contribution is 2.26. The van der Waals surface area contributed by atoms with Crippen LogP contribution in [-0.4, -0.2) is 50.7 Å². The van der Waals surface area contributed by atoms with Gasteiger partial charge in [-0.1, -0.05) is 0 Å². The number of carboxylic acid groups (broad SMARTS) is 1. The molecule has 1 heterocycles. The number of hydrogen-bond acceptors (Lipinski definition) is 3. The van der Waals surface area contributed by atoms with Gasteiger partial charge in [0.25, 0.3) is 0 Å². The first-order chi connectivity index (χ1) is 9.66. The van der Waals surface area contributed by atoms with E-state index in [0.717, 1.165) is 25.8 Å². The summed E-state index contributed by atoms with van der Waals surface area (Å²) in [7, 11) is 0. The summed E-state index contributed by atoms with van der Waals surface area (Å²) in [5.41, 5.74) is 0. The van der Waals surface area contributed by atoms with Gasteiger partial charge in [-0.15, -0.1) is 0 Å². The number of aryl methyl sites for hydroxylation is 1. The Bertz CT molecular complexity index is 442. The summed E-state index contributed by atoms with van der Waals surface area (Å²) in [6.45, 7) is 1.67. The number of nitrogens with one attached hydrogen (secondary N) is 1. The molecule has 110 valence electrons. The number of carbonyl (C=O) groups excluding carboxylic acids is 1. The van der Waals surface area contributed by atoms with E-state index in [1.807, 2.05) is 10.8 Å². The first kappa shape index (κ1) is 14.4. The van der Waals surface area contributed by atoms with Crippen molar-refractivity contribution in [3.05, 3.63) is 18.7 Å². The molecule has 0 radical (unpaired) electrons. The first-order valence-corrected chi connectivity index (χ1v) is 6.89. The van der Waals surface area contributed by atoms with Gasteiger partial charge in [0.05, 0.1) is 12.7 Å². The number of nitrogens with zero attached hydrogens (tertiary/aromatic N) is 3. The van der Waals surface area contributed by atoms with E-state index in [0.29, 0.717) is 6.54 Å². The maximum Gasteiger partial charge on any atom is 0.317 e. The van der Waals surface area contributed by atoms with Crippen molar-refractivity contribution in [2.75, 3.05) is 13.1 Å². The molecule has 0 aromatic carbocycles. The number of carboxylic acids is 1. The number of amides is 2. The van der Waals surface area contributed by atoms with Gasteiger partial charge in [0, 0.05) is 38.1 Å². The van der Waals surface area contributed by atoms with E-state index in [9.17, 15) is 9.59 Å². The number of hydrogen-bond donors (Lipinski definition) is 2. The standard InChI is InChI=1S/C13H20N4O3/c18-12(19)4-8-17(11-2-3-11)13(20)15-5-1-7-16-9-6-14-10-16/h6,9-11H,1-5,7-8H2,(H,15,20)(H,18,19). The van der Waals surface area contributed by atoms with Crippen LogP contribution in [0, 0.1) is 0 Å². The zero-order chi connectivity index (χ0) is 14.4. The van der Waals surface area contributed by atoms with Crippen molar-refractivity contribution in [2.45, 2.75) is 38.3 Å². The van der Waals surface area contributed by atoms with Crippen LogP contribution in [0.2, 0.25) is 0 Å². The van der Waals surface area contributed by atoms with Crippen LogP contribution in [0.5, 0.6) is 0 Å². The Morgan fingerprint density at radius 3 is 2.85 bits per heavy atom. The van der Waals surface area contributed by atoms with Crippen molar-refractivity contribution in [3.8, 4) is 0 Å². The van der Waals surface area contributed by atoms with Gasteiger partial charge in [-0.25, -0.2) is 9.78 Å². The van der Waals surface area contributed by atoms with Crippen LogP contribution in [0.15, 0.2) is 18.7 Å². The topological polar surface area (TPSA) is 87.5 Å². The summed E-state index contributed by atoms with van der Waals surface area (Å²) < 4.78 is 1.95. The predicted octanol–water partition coefficient (Wildman–Crippen LogP) is 0.922. The quantitative estimate of drug-likeness (QED) is 0.693. The second-order valence-corrected chi connectivity index (χ2v) is 4.95. The average Bonchev–Trinajstić information content (AvgIpc) is 3.11. The van der Waals surface area contributed by atoms with Crippen LogP contribution in [0.4, 0.5) is 4.79 Å². The van der Waals surface area contributed by atoms with Gasteiger partial charge in [0.1, 0.15) is 0 Å². The van der Waals surface area contributed by atoms with Crippen molar-refractivity contribution in [1.29, 1.82) is 0 Å². The molecule has 0 atom stereocenters. The Morgan fingerprint density at radius 2 is 2.25 bits per heavy atom. The molecule has 0 bridgehead atoms. The lowest BCUT2D eigenvalue weighted by atomic mass is 10.3. The lowest BCUT2D eigenvalue weighted by Gasteiger charge is -2.22. The fraction of sp³-hybridized carbons (Fsp3) is 0.615. The van der Waals surface area contributed by atoms with Crippen LogP contribution in [-0.2, 0) is 11.3 Å². The van der Waals surface area contributed by atoms with E-state index < -0.39 is 5.97 Å². The van der Waals surface area contributed by atoms with E-state index in [1.54, 1.807) is 17.4 Å². The third-order valence-electron chi connectivity index (χ3n) is 3.24. The maximum atomic E-state index is 12.0. The molecule has 2 amide bonds. The van der Waals surface area contributed by atoms with Gasteiger partial charge >= 0.3 is 12.0 Å². The smallest absolute Gasteiger partial charge is 0.317 e. The first-order valence-electron chi connectivity index (χ1n) is 6.89. The Labute approximate surface area is 117 Å². The van der Waals surface area contributed by atoms with Gasteiger partial charge in [-0.3, -0.25) is 4.79 Å². The van der Waals surface area contributed by atoms with E-state index >= 15 is 0 Å². The molecule has 20 heavy (non-hydrogen) atoms. The third kappa shape index (κ3) is 4.56. The zero-order valence-corrected chi connectivity index (χ0v) is 11.4. The fourth-order valence-corrected chi connectivity index (χ4v) is 2.03. The lowest BCUT2D eigenvalue weighted by molar-refractivity contribution is -0.137. The second-order valence-electron chi connectivity index (χ2n) is 4.95. The van der Waals surface area contributed by atoms with Crippen LogP contribution < -0.4 is 5.32 Å². The summed E-state index contributed by atoms with van der Waals surface area (Å²) in [6, 6.07) is 0.0716. The molecule has 7 nitrogen and oxygen atoms in total. The van der Waals surface area contributed by atoms with Crippen molar-refractivity contribution in [3.63, 3.8) is 0 Å². The molecular weight excluding hydrogens is 260 g/mol. The molecule has 7 heteroatoms. The minimum atomic E-state index is -0.872. The van der Waals surface area contributed by atoms with Crippen molar-refractivity contribution in [1.82, 2.24) is 19.8 Å². The molecule has 1 saturated carbocycles. The molecule has 1 aliphatic carbocycles. The number of imidazole rings is 1. The van der Waals surface area contributed by atoms with Gasteiger partial charge in [-0.2, -0.15) is 0 Å². The largest absolute Gasteiger partial charge is 0.481 e. The summed E-state index contributed by atoms with van der Waals surface area (Å²) in [4.78, 5) is 28.2. The van der Waals surface area contributed by atoms with Crippen LogP contribution >= 0.6 is 0 Å². The fourth-order valence-electron chi connectivity index (χ4n) is 2.03. The minimum Gasteiger partial charge on any atom is -0.481 e. The number of urea groups is 1. The summed E-state index contributed by atoms with van der Waals surface area (Å²) >= 11 is 0. The normalized spacial score (nSPS) is 14.0. The summed E-state index contributed by atoms with van der Waals surface area (Å²) in [6.07, 6.45) is 8.11. The third-order valence-corrected chi connectivity index (χ3v) is 3.24. The molecule has 0 saturated heterocycles. The number of aromatic nitrogens is 2. The Kier molecular flexibility index (Phi) is 4.97. The highest BCUT2D eigenvalue weighted by atomic mass is 16.4. The van der Waals surface area contributed by atoms with Crippen molar-refractivity contribution >= 4 is 12.0 Å². The van der Waals surface area contributed by atoms with Gasteiger partial charge < -0.3 is 19.9 Å². The van der Waals surface area contributed by atoms with Crippen molar-refractivity contribution < 1.29 is 14.7 Å². The monoisotopic (exact) mass is 280 g/mol. The molecule has 1 aromatic rings. The Morgan fingerprint density at radius 1 is 1.45 bits per heavy atom. The molecule has 0 aliphatic heterocycles. The molecule has 0 spiro atoms. The van der Waals surface area contributed by atoms with E-state index in [4.69, 9.17) is 5.11 Å². The SMILES string of the molecule is O=C(O)CCN(C(=O)NCCCn1ccnc1)C1CC1. The second kappa shape index (κ2) is 6.93. The molecule has 1 aliphatic rings. The molecule has 1 fully saturated rings. The number of carbonyl (C=O) groups is 2.